The van der Waals surface area contributed by atoms with Crippen LogP contribution < -0.4 is 16.2 Å². The summed E-state index contributed by atoms with van der Waals surface area (Å²) in [4.78, 5) is 4.15. The molecule has 1 aromatic rings. The van der Waals surface area contributed by atoms with Gasteiger partial charge in [-0.05, 0) is 17.7 Å². The number of nitrogens with zero attached hydrogens (tertiary/aromatic N) is 2. The van der Waals surface area contributed by atoms with E-state index in [1.807, 2.05) is 24.3 Å². The van der Waals surface area contributed by atoms with Gasteiger partial charge in [-0.15, -0.1) is 0 Å². The van der Waals surface area contributed by atoms with E-state index in [0.717, 1.165) is 16.9 Å². The Hall–Kier alpha value is -0.184. The van der Waals surface area contributed by atoms with Crippen LogP contribution in [0.1, 0.15) is 5.56 Å². The third kappa shape index (κ3) is 4.14. The van der Waals surface area contributed by atoms with Gasteiger partial charge in [-0.2, -0.15) is 0 Å². The van der Waals surface area contributed by atoms with Crippen LogP contribution in [-0.4, -0.2) is 75.3 Å². The van der Waals surface area contributed by atoms with E-state index in [9.17, 15) is 0 Å². The summed E-state index contributed by atoms with van der Waals surface area (Å²) in [5.41, 5.74) is 13.7. The third-order valence-corrected chi connectivity index (χ3v) is 3.15. The van der Waals surface area contributed by atoms with Crippen LogP contribution in [0.25, 0.3) is 0 Å². The van der Waals surface area contributed by atoms with E-state index in [1.54, 1.807) is 11.4 Å². The number of nitrogens with two attached hydrogens (primary N) is 2. The molecule has 5 nitrogen and oxygen atoms in total. The second-order valence-electron chi connectivity index (χ2n) is 3.97. The number of aliphatic imine (C=N–C) groups is 1. The average Bonchev–Trinajstić information content (AvgIpc) is 2.40. The third-order valence-electron chi connectivity index (χ3n) is 2.81. The van der Waals surface area contributed by atoms with Crippen molar-refractivity contribution in [3.05, 3.63) is 41.2 Å². The minimum absolute atomic E-state index is 0. The van der Waals surface area contributed by atoms with Gasteiger partial charge in [0.2, 0.25) is 0 Å². The van der Waals surface area contributed by atoms with Crippen LogP contribution in [0.5, 0.6) is 5.75 Å². The zero-order valence-electron chi connectivity index (χ0n) is 10.1. The molecule has 19 heavy (non-hydrogen) atoms. The first-order valence-corrected chi connectivity index (χ1v) is 5.90. The Kier molecular flexibility index (Phi) is 6.71. The molecule has 1 aliphatic rings. The van der Waals surface area contributed by atoms with Gasteiger partial charge in [0.05, 0.1) is 7.11 Å². The van der Waals surface area contributed by atoms with Gasteiger partial charge in [0.25, 0.3) is 0 Å². The Morgan fingerprint density at radius 2 is 1.95 bits per heavy atom. The summed E-state index contributed by atoms with van der Waals surface area (Å²) in [6, 6.07) is 7.76. The van der Waals surface area contributed by atoms with Crippen molar-refractivity contribution in [2.45, 2.75) is 6.42 Å². The fraction of sp³-hybridized carbons (Fsp3) is 0.250. The van der Waals surface area contributed by atoms with Crippen LogP contribution in [-0.2, 0) is 6.42 Å². The molecule has 0 radical (unpaired) electrons. The maximum atomic E-state index is 5.96. The van der Waals surface area contributed by atoms with Crippen LogP contribution in [0.2, 0.25) is 0 Å². The molecule has 2 rings (SSSR count). The van der Waals surface area contributed by atoms with Gasteiger partial charge in [-0.1, -0.05) is 24.9 Å². The summed E-state index contributed by atoms with van der Waals surface area (Å²) in [7, 11) is 1.64. The average molecular weight is 304 g/mol. The molecular formula is C12H17KN4OS. The fourth-order valence-corrected chi connectivity index (χ4v) is 1.91. The van der Waals surface area contributed by atoms with Gasteiger partial charge >= 0.3 is 51.4 Å². The van der Waals surface area contributed by atoms with E-state index in [1.165, 1.54) is 0 Å². The Labute approximate surface area is 161 Å². The molecule has 1 aliphatic heterocycles. The second-order valence-corrected chi connectivity index (χ2v) is 4.46. The first-order valence-electron chi connectivity index (χ1n) is 5.50. The van der Waals surface area contributed by atoms with Gasteiger partial charge in [0.15, 0.2) is 0 Å². The minimum atomic E-state index is 0. The Balaban J connectivity index is 0.00000180. The van der Waals surface area contributed by atoms with Crippen molar-refractivity contribution in [2.75, 3.05) is 13.8 Å². The number of ether oxygens (including phenoxy) is 1. The van der Waals surface area contributed by atoms with Gasteiger partial charge in [0, 0.05) is 12.0 Å². The van der Waals surface area contributed by atoms with Crippen molar-refractivity contribution in [3.8, 4) is 5.75 Å². The van der Waals surface area contributed by atoms with E-state index in [2.05, 4.69) is 17.8 Å². The molecule has 0 unspecified atom stereocenters. The molecule has 98 valence electrons. The molecule has 1 heterocycles. The van der Waals surface area contributed by atoms with Crippen molar-refractivity contribution in [1.29, 1.82) is 0 Å². The summed E-state index contributed by atoms with van der Waals surface area (Å²) in [5.74, 6) is 1.86. The van der Waals surface area contributed by atoms with E-state index in [0.29, 0.717) is 24.7 Å². The SMILES string of the molecule is COc1ccc(CC2=C(N)N(S)CN=C2N)cc1.[KH]. The molecule has 4 N–H and O–H groups in total. The van der Waals surface area contributed by atoms with Crippen LogP contribution in [0, 0.1) is 0 Å². The number of hydrogen-bond donors (Lipinski definition) is 3. The zero-order chi connectivity index (χ0) is 13.1. The molecule has 0 spiro atoms. The predicted molar refractivity (Wildman–Crippen MR) is 82.4 cm³/mol. The number of amidine groups is 1. The Morgan fingerprint density at radius 3 is 2.53 bits per heavy atom. The first kappa shape index (κ1) is 16.9. The maximum absolute atomic E-state index is 5.96. The van der Waals surface area contributed by atoms with Crippen molar-refractivity contribution < 1.29 is 4.74 Å². The van der Waals surface area contributed by atoms with E-state index < -0.39 is 0 Å². The Bertz CT molecular complexity index is 501. The second kappa shape index (κ2) is 7.56. The van der Waals surface area contributed by atoms with Crippen LogP contribution >= 0.6 is 12.8 Å². The molecule has 0 aliphatic carbocycles. The standard InChI is InChI=1S/C12H16N4OS.K.H/c1-17-9-4-2-8(3-5-9)6-10-11(13)15-7-16(18)12(10)14;;/h2-5,18H,6-7,14H2,1H3,(H2,13,15);;. The molecule has 0 saturated carbocycles. The molecule has 1 aromatic carbocycles. The van der Waals surface area contributed by atoms with Crippen LogP contribution in [0.3, 0.4) is 0 Å². The molecule has 0 fully saturated rings. The summed E-state index contributed by atoms with van der Waals surface area (Å²) in [6.07, 6.45) is 0.627. The van der Waals surface area contributed by atoms with E-state index in [-0.39, 0.29) is 51.4 Å². The van der Waals surface area contributed by atoms with Crippen molar-refractivity contribution in [3.63, 3.8) is 0 Å². The molecule has 0 saturated heterocycles. The quantitative estimate of drug-likeness (QED) is 0.552. The predicted octanol–water partition coefficient (Wildman–Crippen LogP) is 0.235. The fourth-order valence-electron chi connectivity index (χ4n) is 1.73. The number of thiol groups is 1. The van der Waals surface area contributed by atoms with Gasteiger partial charge < -0.3 is 16.2 Å². The van der Waals surface area contributed by atoms with E-state index >= 15 is 0 Å². The molecular weight excluding hydrogens is 287 g/mol. The normalized spacial score (nSPS) is 14.8. The summed E-state index contributed by atoms with van der Waals surface area (Å²) in [5, 5.41) is 0. The van der Waals surface area contributed by atoms with Crippen LogP contribution in [0.15, 0.2) is 40.7 Å². The molecule has 0 bridgehead atoms. The van der Waals surface area contributed by atoms with Gasteiger partial charge in [-0.3, -0.25) is 4.31 Å². The summed E-state index contributed by atoms with van der Waals surface area (Å²) in [6.45, 7) is 0.382. The first-order chi connectivity index (χ1) is 8.61. The molecule has 0 aromatic heterocycles. The number of hydrogen-bond acceptors (Lipinski definition) is 6. The Morgan fingerprint density at radius 1 is 1.32 bits per heavy atom. The summed E-state index contributed by atoms with van der Waals surface area (Å²) >= 11 is 4.22. The number of benzene rings is 1. The van der Waals surface area contributed by atoms with Gasteiger partial charge in [0.1, 0.15) is 24.1 Å². The number of methoxy groups -OCH3 is 1. The summed E-state index contributed by atoms with van der Waals surface area (Å²) < 4.78 is 6.69. The van der Waals surface area contributed by atoms with Crippen molar-refractivity contribution in [2.24, 2.45) is 16.5 Å². The molecule has 0 atom stereocenters. The topological polar surface area (TPSA) is 76.9 Å². The monoisotopic (exact) mass is 304 g/mol. The van der Waals surface area contributed by atoms with Crippen LogP contribution in [0.4, 0.5) is 0 Å². The van der Waals surface area contributed by atoms with E-state index in [4.69, 9.17) is 16.2 Å². The van der Waals surface area contributed by atoms with Crippen molar-refractivity contribution in [1.82, 2.24) is 4.31 Å². The molecule has 0 amide bonds. The molecule has 7 heteroatoms. The zero-order valence-corrected chi connectivity index (χ0v) is 11.0. The number of rotatable bonds is 3. The van der Waals surface area contributed by atoms with Gasteiger partial charge in [-0.25, -0.2) is 4.99 Å². The van der Waals surface area contributed by atoms with Crippen molar-refractivity contribution >= 4 is 70.0 Å².